The molecular formula is C16H28N2O3. The van der Waals surface area contributed by atoms with Crippen LogP contribution in [0, 0.1) is 5.41 Å². The second-order valence-corrected chi connectivity index (χ2v) is 7.04. The number of nitrogens with one attached hydrogen (secondary N) is 1. The number of ether oxygens (including phenoxy) is 1. The fourth-order valence-corrected chi connectivity index (χ4v) is 3.54. The molecule has 2 aliphatic rings. The van der Waals surface area contributed by atoms with E-state index in [2.05, 4.69) is 26.1 Å². The summed E-state index contributed by atoms with van der Waals surface area (Å²) in [5.74, 6) is 0.0792. The molecule has 120 valence electrons. The molecule has 1 saturated carbocycles. The van der Waals surface area contributed by atoms with Crippen LogP contribution in [0.4, 0.5) is 0 Å². The van der Waals surface area contributed by atoms with Crippen molar-refractivity contribution in [3.63, 3.8) is 0 Å². The zero-order chi connectivity index (χ0) is 15.8. The molecule has 2 fully saturated rings. The van der Waals surface area contributed by atoms with E-state index in [4.69, 9.17) is 4.74 Å². The van der Waals surface area contributed by atoms with Gasteiger partial charge in [0.25, 0.3) is 0 Å². The first-order valence-electron chi connectivity index (χ1n) is 7.92. The molecular weight excluding hydrogens is 268 g/mol. The van der Waals surface area contributed by atoms with E-state index in [1.165, 1.54) is 0 Å². The van der Waals surface area contributed by atoms with Gasteiger partial charge < -0.3 is 15.0 Å². The van der Waals surface area contributed by atoms with Crippen LogP contribution in [0.15, 0.2) is 0 Å². The second-order valence-electron chi connectivity index (χ2n) is 7.04. The van der Waals surface area contributed by atoms with Crippen LogP contribution in [0.5, 0.6) is 0 Å². The summed E-state index contributed by atoms with van der Waals surface area (Å²) in [6, 6.07) is -0.230. The summed E-state index contributed by atoms with van der Waals surface area (Å²) in [6.45, 7) is 8.98. The predicted octanol–water partition coefficient (Wildman–Crippen LogP) is 1.71. The summed E-state index contributed by atoms with van der Waals surface area (Å²) >= 11 is 0. The summed E-state index contributed by atoms with van der Waals surface area (Å²) in [7, 11) is 1.72. The van der Waals surface area contributed by atoms with Gasteiger partial charge >= 0.3 is 0 Å². The van der Waals surface area contributed by atoms with E-state index in [1.54, 1.807) is 12.0 Å². The van der Waals surface area contributed by atoms with Gasteiger partial charge in [-0.05, 0) is 26.2 Å². The lowest BCUT2D eigenvalue weighted by Crippen LogP contribution is -2.69. The Morgan fingerprint density at radius 1 is 1.48 bits per heavy atom. The average Bonchev–Trinajstić information content (AvgIpc) is 2.85. The van der Waals surface area contributed by atoms with Gasteiger partial charge in [0, 0.05) is 31.5 Å². The molecule has 0 aromatic carbocycles. The Morgan fingerprint density at radius 2 is 2.14 bits per heavy atom. The van der Waals surface area contributed by atoms with Crippen molar-refractivity contribution in [2.45, 2.75) is 71.1 Å². The number of nitrogens with zero attached hydrogens (tertiary/aromatic N) is 1. The van der Waals surface area contributed by atoms with Crippen LogP contribution < -0.4 is 5.32 Å². The van der Waals surface area contributed by atoms with E-state index in [0.29, 0.717) is 19.4 Å². The third-order valence-corrected chi connectivity index (χ3v) is 5.77. The molecule has 1 heterocycles. The molecule has 0 bridgehead atoms. The van der Waals surface area contributed by atoms with E-state index in [9.17, 15) is 9.59 Å². The zero-order valence-corrected chi connectivity index (χ0v) is 13.9. The zero-order valence-electron chi connectivity index (χ0n) is 13.9. The molecule has 1 saturated heterocycles. The largest absolute Gasteiger partial charge is 0.378 e. The maximum absolute atomic E-state index is 12.6. The SMILES string of the molecule is CC[C@H](C(=O)N[C@H]1C[C@](C)(OC)C1(C)C)N1CCCC1=O. The van der Waals surface area contributed by atoms with Crippen molar-refractivity contribution in [1.82, 2.24) is 10.2 Å². The lowest BCUT2D eigenvalue weighted by atomic mass is 9.56. The van der Waals surface area contributed by atoms with Crippen LogP contribution in [-0.2, 0) is 14.3 Å². The first kappa shape index (κ1) is 16.3. The normalized spacial score (nSPS) is 32.7. The highest BCUT2D eigenvalue weighted by Gasteiger charge is 2.58. The Hall–Kier alpha value is -1.10. The number of rotatable bonds is 5. The van der Waals surface area contributed by atoms with Gasteiger partial charge in [-0.25, -0.2) is 0 Å². The number of carbonyl (C=O) groups excluding carboxylic acids is 2. The maximum atomic E-state index is 12.6. The number of amides is 2. The summed E-state index contributed by atoms with van der Waals surface area (Å²) in [6.07, 6.45) is 2.90. The van der Waals surface area contributed by atoms with Gasteiger partial charge in [0.2, 0.25) is 11.8 Å². The van der Waals surface area contributed by atoms with Crippen LogP contribution >= 0.6 is 0 Å². The molecule has 0 spiro atoms. The molecule has 21 heavy (non-hydrogen) atoms. The highest BCUT2D eigenvalue weighted by molar-refractivity contribution is 5.88. The maximum Gasteiger partial charge on any atom is 0.243 e. The van der Waals surface area contributed by atoms with Crippen LogP contribution in [0.25, 0.3) is 0 Å². The van der Waals surface area contributed by atoms with Gasteiger partial charge in [-0.3, -0.25) is 9.59 Å². The van der Waals surface area contributed by atoms with Gasteiger partial charge in [-0.15, -0.1) is 0 Å². The molecule has 1 aliphatic heterocycles. The number of hydrogen-bond acceptors (Lipinski definition) is 3. The third kappa shape index (κ3) is 2.56. The van der Waals surface area contributed by atoms with Crippen molar-refractivity contribution in [2.75, 3.05) is 13.7 Å². The summed E-state index contributed by atoms with van der Waals surface area (Å²) in [5, 5.41) is 3.13. The lowest BCUT2D eigenvalue weighted by molar-refractivity contribution is -0.183. The summed E-state index contributed by atoms with van der Waals surface area (Å²) in [5.41, 5.74) is -0.305. The molecule has 1 aliphatic carbocycles. The molecule has 3 atom stereocenters. The molecule has 0 radical (unpaired) electrons. The molecule has 5 nitrogen and oxygen atoms in total. The number of carbonyl (C=O) groups is 2. The Labute approximate surface area is 127 Å². The topological polar surface area (TPSA) is 58.6 Å². The van der Waals surface area contributed by atoms with E-state index in [1.807, 2.05) is 6.92 Å². The Bertz CT molecular complexity index is 435. The van der Waals surface area contributed by atoms with Crippen molar-refractivity contribution in [3.8, 4) is 0 Å². The molecule has 0 unspecified atom stereocenters. The molecule has 5 heteroatoms. The monoisotopic (exact) mass is 296 g/mol. The van der Waals surface area contributed by atoms with Gasteiger partial charge in [-0.1, -0.05) is 20.8 Å². The van der Waals surface area contributed by atoms with Crippen molar-refractivity contribution >= 4 is 11.8 Å². The van der Waals surface area contributed by atoms with E-state index >= 15 is 0 Å². The highest BCUT2D eigenvalue weighted by Crippen LogP contribution is 2.51. The van der Waals surface area contributed by atoms with Crippen LogP contribution in [-0.4, -0.2) is 48.1 Å². The van der Waals surface area contributed by atoms with E-state index in [0.717, 1.165) is 12.8 Å². The molecule has 2 rings (SSSR count). The van der Waals surface area contributed by atoms with Crippen molar-refractivity contribution in [2.24, 2.45) is 5.41 Å². The second kappa shape index (κ2) is 5.59. The smallest absolute Gasteiger partial charge is 0.243 e. The van der Waals surface area contributed by atoms with Crippen LogP contribution in [0.2, 0.25) is 0 Å². The van der Waals surface area contributed by atoms with Gasteiger partial charge in [0.05, 0.1) is 5.60 Å². The Kier molecular flexibility index (Phi) is 4.34. The van der Waals surface area contributed by atoms with E-state index < -0.39 is 0 Å². The minimum atomic E-state index is -0.329. The van der Waals surface area contributed by atoms with Crippen molar-refractivity contribution < 1.29 is 14.3 Å². The summed E-state index contributed by atoms with van der Waals surface area (Å²) in [4.78, 5) is 26.1. The Morgan fingerprint density at radius 3 is 2.57 bits per heavy atom. The minimum absolute atomic E-state index is 0.0241. The first-order valence-corrected chi connectivity index (χ1v) is 7.92. The van der Waals surface area contributed by atoms with Gasteiger partial charge in [0.15, 0.2) is 0 Å². The van der Waals surface area contributed by atoms with Crippen molar-refractivity contribution in [3.05, 3.63) is 0 Å². The molecule has 0 aromatic rings. The Balaban J connectivity index is 2.00. The van der Waals surface area contributed by atoms with Gasteiger partial charge in [0.1, 0.15) is 6.04 Å². The highest BCUT2D eigenvalue weighted by atomic mass is 16.5. The fourth-order valence-electron chi connectivity index (χ4n) is 3.54. The first-order chi connectivity index (χ1) is 9.76. The van der Waals surface area contributed by atoms with E-state index in [-0.39, 0.29) is 34.9 Å². The molecule has 1 N–H and O–H groups in total. The number of likely N-dealkylation sites (tertiary alicyclic amines) is 1. The lowest BCUT2D eigenvalue weighted by Gasteiger charge is -2.59. The predicted molar refractivity (Wildman–Crippen MR) is 80.8 cm³/mol. The molecule has 2 amide bonds. The quantitative estimate of drug-likeness (QED) is 0.840. The standard InChI is InChI=1S/C16H28N2O3/c1-6-11(18-9-7-8-13(18)19)14(20)17-12-10-16(4,21-5)15(12,2)3/h11-12H,6-10H2,1-5H3,(H,17,20)/t11-,12+,16+/m1/s1. The summed E-state index contributed by atoms with van der Waals surface area (Å²) < 4.78 is 5.59. The van der Waals surface area contributed by atoms with Crippen LogP contribution in [0.3, 0.4) is 0 Å². The minimum Gasteiger partial charge on any atom is -0.378 e. The van der Waals surface area contributed by atoms with Crippen LogP contribution in [0.1, 0.15) is 53.4 Å². The average molecular weight is 296 g/mol. The fraction of sp³-hybridized carbons (Fsp3) is 0.875. The van der Waals surface area contributed by atoms with Crippen molar-refractivity contribution in [1.29, 1.82) is 0 Å². The number of methoxy groups -OCH3 is 1. The molecule has 0 aromatic heterocycles. The number of hydrogen-bond donors (Lipinski definition) is 1. The van der Waals surface area contributed by atoms with Gasteiger partial charge in [-0.2, -0.15) is 0 Å². The third-order valence-electron chi connectivity index (χ3n) is 5.77.